The summed E-state index contributed by atoms with van der Waals surface area (Å²) in [5.74, 6) is 1.45. The molecule has 1 aliphatic carbocycles. The quantitative estimate of drug-likeness (QED) is 0.237. The van der Waals surface area contributed by atoms with E-state index in [1.54, 1.807) is 23.7 Å². The van der Waals surface area contributed by atoms with Crippen LogP contribution in [-0.2, 0) is 17.6 Å². The fourth-order valence-electron chi connectivity index (χ4n) is 4.93. The van der Waals surface area contributed by atoms with Crippen LogP contribution in [0.5, 0.6) is 5.75 Å². The van der Waals surface area contributed by atoms with Gasteiger partial charge in [-0.25, -0.2) is 9.97 Å². The molecule has 37 heavy (non-hydrogen) atoms. The molecular weight excluding hydrogens is 486 g/mol. The SMILES string of the molecule is CCOc1cc(N)c(C=N)cc1Nc1ncnc2sc3c(c12)CCCC3.CN(C)C1CCN(C=O)CC1. The number of nitrogen functional groups attached to an aromatic ring is 1. The maximum atomic E-state index is 10.3. The number of hydrogen-bond donors (Lipinski definition) is 3. The molecule has 0 spiro atoms. The highest BCUT2D eigenvalue weighted by Crippen LogP contribution is 2.40. The number of carbonyl (C=O) groups excluding carboxylic acids is 1. The van der Waals surface area contributed by atoms with Crippen molar-refractivity contribution in [3.8, 4) is 5.75 Å². The predicted molar refractivity (Wildman–Crippen MR) is 152 cm³/mol. The van der Waals surface area contributed by atoms with Gasteiger partial charge in [0.1, 0.15) is 22.7 Å². The largest absolute Gasteiger partial charge is 0.492 e. The fourth-order valence-corrected chi connectivity index (χ4v) is 6.16. The molecule has 0 atom stereocenters. The molecule has 1 fully saturated rings. The summed E-state index contributed by atoms with van der Waals surface area (Å²) in [4.78, 5) is 25.9. The third kappa shape index (κ3) is 6.19. The molecule has 2 aliphatic rings. The summed E-state index contributed by atoms with van der Waals surface area (Å²) in [6, 6.07) is 4.26. The van der Waals surface area contributed by atoms with E-state index in [-0.39, 0.29) is 0 Å². The first-order valence-corrected chi connectivity index (χ1v) is 13.7. The summed E-state index contributed by atoms with van der Waals surface area (Å²) in [5, 5.41) is 12.1. The summed E-state index contributed by atoms with van der Waals surface area (Å²) < 4.78 is 5.74. The molecule has 4 N–H and O–H groups in total. The van der Waals surface area contributed by atoms with Crippen molar-refractivity contribution >= 4 is 51.4 Å². The van der Waals surface area contributed by atoms with Crippen LogP contribution in [-0.4, -0.2) is 72.2 Å². The van der Waals surface area contributed by atoms with Crippen LogP contribution in [0.25, 0.3) is 10.2 Å². The lowest BCUT2D eigenvalue weighted by Gasteiger charge is -2.33. The first-order chi connectivity index (χ1) is 17.9. The molecule has 198 valence electrons. The van der Waals surface area contributed by atoms with Gasteiger partial charge in [0.05, 0.1) is 17.7 Å². The lowest BCUT2D eigenvalue weighted by atomic mass is 9.97. The number of ether oxygens (including phenoxy) is 1. The number of carbonyl (C=O) groups is 1. The molecule has 3 heterocycles. The van der Waals surface area contributed by atoms with Crippen LogP contribution < -0.4 is 15.8 Å². The number of fused-ring (bicyclic) bond motifs is 3. The van der Waals surface area contributed by atoms with Crippen LogP contribution in [0.4, 0.5) is 17.2 Å². The van der Waals surface area contributed by atoms with Crippen LogP contribution in [0, 0.1) is 5.41 Å². The summed E-state index contributed by atoms with van der Waals surface area (Å²) in [7, 11) is 4.20. The Morgan fingerprint density at radius 2 is 2.00 bits per heavy atom. The minimum Gasteiger partial charge on any atom is -0.492 e. The van der Waals surface area contributed by atoms with E-state index in [4.69, 9.17) is 15.9 Å². The number of thiophene rings is 1. The van der Waals surface area contributed by atoms with Crippen molar-refractivity contribution in [2.24, 2.45) is 0 Å². The molecule has 5 rings (SSSR count). The molecule has 0 unspecified atom stereocenters. The van der Waals surface area contributed by atoms with Gasteiger partial charge in [-0.2, -0.15) is 0 Å². The number of nitrogens with one attached hydrogen (secondary N) is 2. The topological polar surface area (TPSA) is 120 Å². The van der Waals surface area contributed by atoms with Gasteiger partial charge < -0.3 is 31.0 Å². The zero-order valence-electron chi connectivity index (χ0n) is 21.9. The summed E-state index contributed by atoms with van der Waals surface area (Å²) >= 11 is 1.77. The number of nitrogens with zero attached hydrogens (tertiary/aromatic N) is 4. The highest BCUT2D eigenvalue weighted by atomic mass is 32.1. The van der Waals surface area contributed by atoms with E-state index in [2.05, 4.69) is 34.3 Å². The average molecular weight is 524 g/mol. The number of likely N-dealkylation sites (tertiary alicyclic amines) is 1. The van der Waals surface area contributed by atoms with E-state index in [1.165, 1.54) is 29.5 Å². The number of amides is 1. The van der Waals surface area contributed by atoms with Crippen LogP contribution in [0.1, 0.15) is 48.6 Å². The molecule has 9 nitrogen and oxygen atoms in total. The average Bonchev–Trinajstić information content (AvgIpc) is 3.30. The van der Waals surface area contributed by atoms with Gasteiger partial charge in [-0.1, -0.05) is 0 Å². The van der Waals surface area contributed by atoms with Gasteiger partial charge in [0.25, 0.3) is 0 Å². The second-order valence-corrected chi connectivity index (χ2v) is 10.7. The number of anilines is 3. The van der Waals surface area contributed by atoms with Gasteiger partial charge >= 0.3 is 0 Å². The minimum absolute atomic E-state index is 0.523. The number of aromatic nitrogens is 2. The molecule has 0 bridgehead atoms. The smallest absolute Gasteiger partial charge is 0.209 e. The van der Waals surface area contributed by atoms with Gasteiger partial charge in [0, 0.05) is 47.5 Å². The molecular formula is C27H37N7O2S. The third-order valence-electron chi connectivity index (χ3n) is 7.02. The Bertz CT molecular complexity index is 1240. The summed E-state index contributed by atoms with van der Waals surface area (Å²) in [6.07, 6.45) is 10.7. The second kappa shape index (κ2) is 12.3. The van der Waals surface area contributed by atoms with Gasteiger partial charge in [0.15, 0.2) is 0 Å². The zero-order valence-corrected chi connectivity index (χ0v) is 22.7. The highest BCUT2D eigenvalue weighted by Gasteiger charge is 2.21. The third-order valence-corrected chi connectivity index (χ3v) is 8.22. The first kappa shape index (κ1) is 26.8. The molecule has 2 aromatic heterocycles. The van der Waals surface area contributed by atoms with Crippen molar-refractivity contribution < 1.29 is 9.53 Å². The standard InChI is InChI=1S/C19H21N5OS.C8H16N2O/c1-2-25-15-8-13(21)11(9-20)7-14(15)24-18-17-12-5-3-4-6-16(12)26-19(17)23-10-22-18;1-9(2)8-3-5-10(7-11)6-4-8/h7-10,20H,2-6,21H2,1H3,(H,22,23,24);7-8H,3-6H2,1-2H3. The lowest BCUT2D eigenvalue weighted by molar-refractivity contribution is -0.119. The Morgan fingerprint density at radius 3 is 2.68 bits per heavy atom. The molecule has 1 amide bonds. The number of rotatable bonds is 7. The van der Waals surface area contributed by atoms with Crippen LogP contribution in [0.15, 0.2) is 18.5 Å². The molecule has 0 saturated carbocycles. The van der Waals surface area contributed by atoms with Crippen molar-refractivity contribution in [1.82, 2.24) is 19.8 Å². The van der Waals surface area contributed by atoms with E-state index in [0.29, 0.717) is 29.6 Å². The zero-order chi connectivity index (χ0) is 26.4. The van der Waals surface area contributed by atoms with Crippen LogP contribution in [0.3, 0.4) is 0 Å². The van der Waals surface area contributed by atoms with E-state index in [0.717, 1.165) is 66.9 Å². The molecule has 1 aromatic carbocycles. The van der Waals surface area contributed by atoms with E-state index in [1.807, 2.05) is 17.9 Å². The number of benzene rings is 1. The second-order valence-electron chi connectivity index (χ2n) is 9.63. The Morgan fingerprint density at radius 1 is 1.24 bits per heavy atom. The number of hydrogen-bond acceptors (Lipinski definition) is 9. The molecule has 1 aliphatic heterocycles. The number of nitrogens with two attached hydrogens (primary N) is 1. The highest BCUT2D eigenvalue weighted by molar-refractivity contribution is 7.19. The number of aryl methyl sites for hydroxylation is 2. The van der Waals surface area contributed by atoms with E-state index >= 15 is 0 Å². The van der Waals surface area contributed by atoms with Gasteiger partial charge in [0.2, 0.25) is 6.41 Å². The van der Waals surface area contributed by atoms with Crippen molar-refractivity contribution in [3.05, 3.63) is 34.5 Å². The van der Waals surface area contributed by atoms with Crippen molar-refractivity contribution in [2.75, 3.05) is 44.8 Å². The fraction of sp³-hybridized carbons (Fsp3) is 0.481. The van der Waals surface area contributed by atoms with Crippen LogP contribution in [0.2, 0.25) is 0 Å². The Labute approximate surface area is 222 Å². The first-order valence-electron chi connectivity index (χ1n) is 12.9. The molecule has 1 saturated heterocycles. The Kier molecular flexibility index (Phi) is 8.94. The van der Waals surface area contributed by atoms with Crippen molar-refractivity contribution in [1.29, 1.82) is 5.41 Å². The lowest BCUT2D eigenvalue weighted by Crippen LogP contribution is -2.41. The van der Waals surface area contributed by atoms with Gasteiger partial charge in [-0.15, -0.1) is 11.3 Å². The maximum absolute atomic E-state index is 10.3. The van der Waals surface area contributed by atoms with Crippen LogP contribution >= 0.6 is 11.3 Å². The number of piperidine rings is 1. The Balaban J connectivity index is 0.000000245. The van der Waals surface area contributed by atoms with E-state index < -0.39 is 0 Å². The summed E-state index contributed by atoms with van der Waals surface area (Å²) in [5.41, 5.74) is 9.31. The molecule has 10 heteroatoms. The monoisotopic (exact) mass is 523 g/mol. The molecule has 3 aromatic rings. The normalized spacial score (nSPS) is 15.6. The maximum Gasteiger partial charge on any atom is 0.209 e. The van der Waals surface area contributed by atoms with Crippen molar-refractivity contribution in [3.63, 3.8) is 0 Å². The van der Waals surface area contributed by atoms with E-state index in [9.17, 15) is 4.79 Å². The van der Waals surface area contributed by atoms with Crippen molar-refractivity contribution in [2.45, 2.75) is 51.5 Å². The molecule has 0 radical (unpaired) electrons. The van der Waals surface area contributed by atoms with Gasteiger partial charge in [-0.3, -0.25) is 4.79 Å². The predicted octanol–water partition coefficient (Wildman–Crippen LogP) is 4.46. The van der Waals surface area contributed by atoms with Gasteiger partial charge in [-0.05, 0) is 71.2 Å². The minimum atomic E-state index is 0.523. The summed E-state index contributed by atoms with van der Waals surface area (Å²) in [6.45, 7) is 4.31. The Hall–Kier alpha value is -3.24.